The van der Waals surface area contributed by atoms with E-state index in [0.29, 0.717) is 11.5 Å². The third-order valence-electron chi connectivity index (χ3n) is 2.54. The Morgan fingerprint density at radius 1 is 0.524 bits per heavy atom. The minimum absolute atomic E-state index is 0.322. The number of rotatable bonds is 0. The van der Waals surface area contributed by atoms with Gasteiger partial charge >= 0.3 is 0 Å². The van der Waals surface area contributed by atoms with Gasteiger partial charge in [-0.15, -0.1) is 0 Å². The summed E-state index contributed by atoms with van der Waals surface area (Å²) in [6, 6.07) is 28.0. The zero-order valence-corrected chi connectivity index (χ0v) is 12.1. The number of para-hydroxylation sites is 2. The molecule has 0 spiro atoms. The highest BCUT2D eigenvalue weighted by molar-refractivity contribution is 5.29. The quantitative estimate of drug-likeness (QED) is 0.622. The SMILES string of the molecule is Cc1ccccc1O.Oc1ccccc1.c1ccccc1. The summed E-state index contributed by atoms with van der Waals surface area (Å²) in [7, 11) is 0. The van der Waals surface area contributed by atoms with Crippen LogP contribution in [0.15, 0.2) is 91.0 Å². The fourth-order valence-corrected chi connectivity index (χ4v) is 1.38. The van der Waals surface area contributed by atoms with Gasteiger partial charge in [-0.1, -0.05) is 72.8 Å². The molecular formula is C19H20O2. The van der Waals surface area contributed by atoms with E-state index in [0.717, 1.165) is 5.56 Å². The maximum atomic E-state index is 8.92. The van der Waals surface area contributed by atoms with Crippen LogP contribution < -0.4 is 0 Å². The van der Waals surface area contributed by atoms with Crippen LogP contribution in [0.4, 0.5) is 0 Å². The lowest BCUT2D eigenvalue weighted by atomic mass is 10.2. The van der Waals surface area contributed by atoms with Gasteiger partial charge in [-0.2, -0.15) is 0 Å². The van der Waals surface area contributed by atoms with Crippen molar-refractivity contribution >= 4 is 0 Å². The maximum Gasteiger partial charge on any atom is 0.118 e. The van der Waals surface area contributed by atoms with Crippen molar-refractivity contribution in [2.75, 3.05) is 0 Å². The minimum Gasteiger partial charge on any atom is -0.508 e. The number of hydrogen-bond acceptors (Lipinski definition) is 2. The van der Waals surface area contributed by atoms with E-state index in [1.807, 2.05) is 67.6 Å². The van der Waals surface area contributed by atoms with Crippen molar-refractivity contribution in [1.29, 1.82) is 0 Å². The summed E-state index contributed by atoms with van der Waals surface area (Å²) in [5.41, 5.74) is 0.924. The molecule has 2 N–H and O–H groups in total. The van der Waals surface area contributed by atoms with Gasteiger partial charge in [0.25, 0.3) is 0 Å². The number of benzene rings is 3. The van der Waals surface area contributed by atoms with Crippen LogP contribution in [-0.4, -0.2) is 10.2 Å². The van der Waals surface area contributed by atoms with Gasteiger partial charge in [-0.25, -0.2) is 0 Å². The molecular weight excluding hydrogens is 260 g/mol. The molecule has 21 heavy (non-hydrogen) atoms. The highest BCUT2D eigenvalue weighted by Crippen LogP contribution is 2.12. The smallest absolute Gasteiger partial charge is 0.118 e. The monoisotopic (exact) mass is 280 g/mol. The van der Waals surface area contributed by atoms with Crippen molar-refractivity contribution in [3.05, 3.63) is 96.6 Å². The van der Waals surface area contributed by atoms with E-state index in [-0.39, 0.29) is 0 Å². The fraction of sp³-hybridized carbons (Fsp3) is 0.0526. The molecule has 3 rings (SSSR count). The predicted molar refractivity (Wildman–Crippen MR) is 87.4 cm³/mol. The van der Waals surface area contributed by atoms with E-state index < -0.39 is 0 Å². The third kappa shape index (κ3) is 8.11. The van der Waals surface area contributed by atoms with Gasteiger partial charge in [0.2, 0.25) is 0 Å². The van der Waals surface area contributed by atoms with Crippen LogP contribution in [0.2, 0.25) is 0 Å². The molecule has 0 saturated heterocycles. The fourth-order valence-electron chi connectivity index (χ4n) is 1.38. The number of aromatic hydroxyl groups is 2. The molecule has 0 aromatic heterocycles. The molecule has 0 aliphatic heterocycles. The Bertz CT molecular complexity index is 545. The highest BCUT2D eigenvalue weighted by atomic mass is 16.3. The van der Waals surface area contributed by atoms with Gasteiger partial charge in [0.1, 0.15) is 11.5 Å². The maximum absolute atomic E-state index is 8.92. The average Bonchev–Trinajstić information content (AvgIpc) is 2.54. The molecule has 0 bridgehead atoms. The summed E-state index contributed by atoms with van der Waals surface area (Å²) in [5.74, 6) is 0.690. The van der Waals surface area contributed by atoms with E-state index >= 15 is 0 Å². The van der Waals surface area contributed by atoms with Crippen LogP contribution in [-0.2, 0) is 0 Å². The van der Waals surface area contributed by atoms with E-state index in [1.165, 1.54) is 0 Å². The standard InChI is InChI=1S/C7H8O.C6H6O.C6H6/c1-6-4-2-3-5-7(6)8;7-6-4-2-1-3-5-6;1-2-4-6-5-3-1/h2-5,8H,1H3;1-5,7H;1-6H. The molecule has 0 aliphatic carbocycles. The number of phenols is 2. The Kier molecular flexibility index (Phi) is 7.84. The van der Waals surface area contributed by atoms with Gasteiger partial charge in [0.05, 0.1) is 0 Å². The van der Waals surface area contributed by atoms with Crippen LogP contribution in [0.5, 0.6) is 11.5 Å². The number of hydrogen-bond donors (Lipinski definition) is 2. The Balaban J connectivity index is 0.000000159. The lowest BCUT2D eigenvalue weighted by molar-refractivity contribution is 0.471. The summed E-state index contributed by atoms with van der Waals surface area (Å²) in [6.07, 6.45) is 0. The molecule has 0 unspecified atom stereocenters. The number of phenolic OH excluding ortho intramolecular Hbond substituents is 2. The van der Waals surface area contributed by atoms with E-state index in [9.17, 15) is 0 Å². The van der Waals surface area contributed by atoms with E-state index in [4.69, 9.17) is 10.2 Å². The molecule has 0 saturated carbocycles. The second-order valence-electron chi connectivity index (χ2n) is 4.28. The Hall–Kier alpha value is -2.74. The summed E-state index contributed by atoms with van der Waals surface area (Å²) in [5, 5.41) is 17.6. The molecule has 0 heterocycles. The van der Waals surface area contributed by atoms with Crippen LogP contribution in [0.25, 0.3) is 0 Å². The first-order valence-electron chi connectivity index (χ1n) is 6.69. The molecule has 0 atom stereocenters. The highest BCUT2D eigenvalue weighted by Gasteiger charge is 1.87. The van der Waals surface area contributed by atoms with Gasteiger partial charge in [-0.05, 0) is 30.7 Å². The summed E-state index contributed by atoms with van der Waals surface area (Å²) in [4.78, 5) is 0. The predicted octanol–water partition coefficient (Wildman–Crippen LogP) is 4.78. The van der Waals surface area contributed by atoms with E-state index in [1.54, 1.807) is 30.3 Å². The van der Waals surface area contributed by atoms with Crippen LogP contribution >= 0.6 is 0 Å². The van der Waals surface area contributed by atoms with Gasteiger partial charge in [0.15, 0.2) is 0 Å². The van der Waals surface area contributed by atoms with Crippen molar-refractivity contribution in [1.82, 2.24) is 0 Å². The van der Waals surface area contributed by atoms with Crippen molar-refractivity contribution in [2.24, 2.45) is 0 Å². The molecule has 0 radical (unpaired) electrons. The third-order valence-corrected chi connectivity index (χ3v) is 2.54. The second kappa shape index (κ2) is 10.1. The van der Waals surface area contributed by atoms with E-state index in [2.05, 4.69) is 0 Å². The topological polar surface area (TPSA) is 40.5 Å². The molecule has 3 aromatic rings. The van der Waals surface area contributed by atoms with Gasteiger partial charge in [0, 0.05) is 0 Å². The average molecular weight is 280 g/mol. The zero-order valence-electron chi connectivity index (χ0n) is 12.1. The van der Waals surface area contributed by atoms with Crippen molar-refractivity contribution < 1.29 is 10.2 Å². The van der Waals surface area contributed by atoms with Crippen LogP contribution in [0, 0.1) is 6.92 Å². The second-order valence-corrected chi connectivity index (χ2v) is 4.28. The van der Waals surface area contributed by atoms with Crippen molar-refractivity contribution in [3.8, 4) is 11.5 Å². The first-order chi connectivity index (χ1) is 10.2. The molecule has 2 nitrogen and oxygen atoms in total. The minimum atomic E-state index is 0.322. The molecule has 0 aliphatic rings. The lowest BCUT2D eigenvalue weighted by Crippen LogP contribution is -1.68. The first kappa shape index (κ1) is 16.3. The summed E-state index contributed by atoms with van der Waals surface area (Å²) < 4.78 is 0. The number of aryl methyl sites for hydroxylation is 1. The Labute approximate surface area is 126 Å². The van der Waals surface area contributed by atoms with Crippen molar-refractivity contribution in [2.45, 2.75) is 6.92 Å². The van der Waals surface area contributed by atoms with Crippen molar-refractivity contribution in [3.63, 3.8) is 0 Å². The summed E-state index contributed by atoms with van der Waals surface area (Å²) in [6.45, 7) is 1.87. The van der Waals surface area contributed by atoms with Crippen LogP contribution in [0.1, 0.15) is 5.56 Å². The lowest BCUT2D eigenvalue weighted by Gasteiger charge is -1.92. The molecule has 3 aromatic carbocycles. The molecule has 0 fully saturated rings. The molecule has 2 heteroatoms. The molecule has 108 valence electrons. The normalized spacial score (nSPS) is 8.62. The van der Waals surface area contributed by atoms with Gasteiger partial charge < -0.3 is 10.2 Å². The summed E-state index contributed by atoms with van der Waals surface area (Å²) >= 11 is 0. The zero-order chi connectivity index (χ0) is 15.3. The first-order valence-corrected chi connectivity index (χ1v) is 6.69. The van der Waals surface area contributed by atoms with Gasteiger partial charge in [-0.3, -0.25) is 0 Å². The Morgan fingerprint density at radius 2 is 0.905 bits per heavy atom. The molecule has 0 amide bonds. The Morgan fingerprint density at radius 3 is 1.19 bits per heavy atom. The van der Waals surface area contributed by atoms with Crippen LogP contribution in [0.3, 0.4) is 0 Å². The largest absolute Gasteiger partial charge is 0.508 e.